The third kappa shape index (κ3) is 8.03. The minimum Gasteiger partial charge on any atom is -0.462 e. The Labute approximate surface area is 183 Å². The lowest BCUT2D eigenvalue weighted by Gasteiger charge is -2.35. The molecule has 3 radical (unpaired) electrons. The van der Waals surface area contributed by atoms with Crippen LogP contribution >= 0.6 is 0 Å². The van der Waals surface area contributed by atoms with Gasteiger partial charge in [0, 0.05) is 0 Å². The largest absolute Gasteiger partial charge is 0.462 e. The smallest absolute Gasteiger partial charge is 0.362 e. The van der Waals surface area contributed by atoms with E-state index in [1.165, 1.54) is 18.2 Å². The van der Waals surface area contributed by atoms with E-state index >= 15 is 0 Å². The van der Waals surface area contributed by atoms with E-state index in [-0.39, 0.29) is 13.2 Å². The molecule has 0 saturated carbocycles. The number of carbonyl (C=O) groups is 2. The molecule has 0 spiro atoms. The fourth-order valence-electron chi connectivity index (χ4n) is 2.80. The van der Waals surface area contributed by atoms with Gasteiger partial charge in [0.15, 0.2) is 0 Å². The molecule has 0 amide bonds. The van der Waals surface area contributed by atoms with Gasteiger partial charge in [-0.05, 0) is 62.9 Å². The predicted molar refractivity (Wildman–Crippen MR) is 117 cm³/mol. The highest BCUT2D eigenvalue weighted by Gasteiger charge is 2.40. The number of ether oxygens (including phenoxy) is 2. The molecule has 30 heavy (non-hydrogen) atoms. The molecule has 1 aromatic rings. The average molecular weight is 484 g/mol. The first-order chi connectivity index (χ1) is 14.2. The standard InChI is InChI=1S/C18H27O8Si4/c1-6-12-21-17(19)15-8-10-16(11-9-15)18(20)22-13-7-14-30(5)25-28(3)23-27(2)24-29(4)26-30/h6,8-11H,1,7,12-14H2,2-5H3. The van der Waals surface area contributed by atoms with Gasteiger partial charge in [-0.3, -0.25) is 0 Å². The van der Waals surface area contributed by atoms with Crippen molar-refractivity contribution in [3.63, 3.8) is 0 Å². The normalized spacial score (nSPS) is 18.3. The Balaban J connectivity index is 1.81. The van der Waals surface area contributed by atoms with Gasteiger partial charge in [0.1, 0.15) is 6.61 Å². The van der Waals surface area contributed by atoms with Gasteiger partial charge in [0.05, 0.1) is 17.7 Å². The molecular formula is C18H27O8Si4. The topological polar surface area (TPSA) is 89.5 Å². The Morgan fingerprint density at radius 2 is 1.47 bits per heavy atom. The number of esters is 2. The summed E-state index contributed by atoms with van der Waals surface area (Å²) in [6, 6.07) is 6.83. The maximum atomic E-state index is 12.2. The van der Waals surface area contributed by atoms with Crippen LogP contribution in [0, 0.1) is 0 Å². The van der Waals surface area contributed by atoms with Crippen LogP contribution in [0.3, 0.4) is 0 Å². The van der Waals surface area contributed by atoms with Gasteiger partial charge >= 0.3 is 48.4 Å². The van der Waals surface area contributed by atoms with Crippen LogP contribution in [0.1, 0.15) is 27.1 Å². The predicted octanol–water partition coefficient (Wildman–Crippen LogP) is 3.08. The quantitative estimate of drug-likeness (QED) is 0.241. The summed E-state index contributed by atoms with van der Waals surface area (Å²) in [4.78, 5) is 24.0. The molecule has 1 saturated heterocycles. The van der Waals surface area contributed by atoms with Gasteiger partial charge in [-0.15, -0.1) is 0 Å². The molecule has 0 atom stereocenters. The van der Waals surface area contributed by atoms with Crippen molar-refractivity contribution in [2.24, 2.45) is 0 Å². The van der Waals surface area contributed by atoms with Gasteiger partial charge in [0.2, 0.25) is 0 Å². The Morgan fingerprint density at radius 1 is 0.967 bits per heavy atom. The molecule has 0 aliphatic carbocycles. The van der Waals surface area contributed by atoms with Crippen LogP contribution in [0.5, 0.6) is 0 Å². The molecule has 0 aromatic heterocycles. The first-order valence-corrected chi connectivity index (χ1v) is 17.5. The van der Waals surface area contributed by atoms with Crippen LogP contribution in [0.25, 0.3) is 0 Å². The average Bonchev–Trinajstić information content (AvgIpc) is 2.67. The third-order valence-corrected chi connectivity index (χ3v) is 15.6. The first kappa shape index (κ1) is 24.9. The van der Waals surface area contributed by atoms with Crippen molar-refractivity contribution in [3.05, 3.63) is 48.0 Å². The molecule has 163 valence electrons. The molecule has 1 heterocycles. The minimum atomic E-state index is -2.45. The molecule has 1 aliphatic rings. The molecule has 8 nitrogen and oxygen atoms in total. The first-order valence-electron chi connectivity index (χ1n) is 9.52. The van der Waals surface area contributed by atoms with Crippen molar-refractivity contribution >= 4 is 48.4 Å². The molecule has 0 bridgehead atoms. The highest BCUT2D eigenvalue weighted by atomic mass is 28.5. The SMILES string of the molecule is C=CCOC(=O)c1ccc(C(=O)OCCC[Si]2(C)O[Si](C)O[Si](C)O[Si](C)O2)cc1. The van der Waals surface area contributed by atoms with Crippen LogP contribution in [-0.4, -0.2) is 61.6 Å². The van der Waals surface area contributed by atoms with Crippen molar-refractivity contribution in [2.45, 2.75) is 38.7 Å². The molecule has 1 aliphatic heterocycles. The monoisotopic (exact) mass is 483 g/mol. The van der Waals surface area contributed by atoms with E-state index in [4.69, 9.17) is 25.9 Å². The van der Waals surface area contributed by atoms with E-state index in [0.29, 0.717) is 23.6 Å². The lowest BCUT2D eigenvalue weighted by molar-refractivity contribution is 0.0498. The number of rotatable bonds is 8. The fraction of sp³-hybridized carbons (Fsp3) is 0.444. The minimum absolute atomic E-state index is 0.137. The van der Waals surface area contributed by atoms with E-state index in [9.17, 15) is 9.59 Å². The summed E-state index contributed by atoms with van der Waals surface area (Å²) in [5.74, 6) is -0.914. The van der Waals surface area contributed by atoms with Crippen molar-refractivity contribution in [1.82, 2.24) is 0 Å². The Hall–Kier alpha value is -1.39. The van der Waals surface area contributed by atoms with Crippen LogP contribution in [-0.2, 0) is 25.9 Å². The third-order valence-electron chi connectivity index (χ3n) is 3.99. The van der Waals surface area contributed by atoms with Gasteiger partial charge < -0.3 is 25.9 Å². The number of hydrogen-bond acceptors (Lipinski definition) is 8. The van der Waals surface area contributed by atoms with Crippen molar-refractivity contribution in [1.29, 1.82) is 0 Å². The summed E-state index contributed by atoms with van der Waals surface area (Å²) >= 11 is 0. The number of benzene rings is 1. The Morgan fingerprint density at radius 3 is 1.97 bits per heavy atom. The van der Waals surface area contributed by atoms with E-state index < -0.39 is 48.4 Å². The molecule has 0 N–H and O–H groups in total. The highest BCUT2D eigenvalue weighted by Crippen LogP contribution is 2.22. The summed E-state index contributed by atoms with van der Waals surface area (Å²) in [5, 5.41) is 0. The molecule has 0 unspecified atom stereocenters. The zero-order chi connectivity index (χ0) is 22.1. The van der Waals surface area contributed by atoms with E-state index in [2.05, 4.69) is 6.58 Å². The maximum Gasteiger partial charge on any atom is 0.362 e. The number of carbonyl (C=O) groups excluding carboxylic acids is 2. The molecule has 1 aromatic carbocycles. The molecular weight excluding hydrogens is 457 g/mol. The van der Waals surface area contributed by atoms with Gasteiger partial charge in [-0.2, -0.15) is 0 Å². The summed E-state index contributed by atoms with van der Waals surface area (Å²) in [5.41, 5.74) is 0.732. The van der Waals surface area contributed by atoms with E-state index in [1.54, 1.807) is 12.1 Å². The Kier molecular flexibility index (Phi) is 9.83. The van der Waals surface area contributed by atoms with Crippen LogP contribution in [0.15, 0.2) is 36.9 Å². The van der Waals surface area contributed by atoms with Crippen molar-refractivity contribution in [2.75, 3.05) is 13.2 Å². The highest BCUT2D eigenvalue weighted by molar-refractivity contribution is 6.81. The second-order valence-electron chi connectivity index (χ2n) is 6.72. The second-order valence-corrected chi connectivity index (χ2v) is 15.7. The second kappa shape index (κ2) is 11.9. The molecule has 2 rings (SSSR count). The van der Waals surface area contributed by atoms with Crippen LogP contribution < -0.4 is 0 Å². The fourth-order valence-corrected chi connectivity index (χ4v) is 14.7. The molecule has 12 heteroatoms. The van der Waals surface area contributed by atoms with Gasteiger partial charge in [-0.25, -0.2) is 9.59 Å². The van der Waals surface area contributed by atoms with Gasteiger partial charge in [0.25, 0.3) is 0 Å². The lowest BCUT2D eigenvalue weighted by atomic mass is 10.1. The summed E-state index contributed by atoms with van der Waals surface area (Å²) in [7, 11) is -6.61. The summed E-state index contributed by atoms with van der Waals surface area (Å²) in [6.07, 6.45) is 2.11. The Bertz CT molecular complexity index is 715. The van der Waals surface area contributed by atoms with Crippen LogP contribution in [0.4, 0.5) is 0 Å². The van der Waals surface area contributed by atoms with Crippen molar-refractivity contribution in [3.8, 4) is 0 Å². The zero-order valence-corrected chi connectivity index (χ0v) is 21.7. The van der Waals surface area contributed by atoms with Gasteiger partial charge in [-0.1, -0.05) is 12.7 Å². The summed E-state index contributed by atoms with van der Waals surface area (Å²) < 4.78 is 34.3. The van der Waals surface area contributed by atoms with Crippen LogP contribution in [0.2, 0.25) is 32.2 Å². The van der Waals surface area contributed by atoms with E-state index in [0.717, 1.165) is 0 Å². The summed E-state index contributed by atoms with van der Waals surface area (Å²) in [6.45, 7) is 11.7. The molecule has 1 fully saturated rings. The lowest BCUT2D eigenvalue weighted by Crippen LogP contribution is -2.53. The maximum absolute atomic E-state index is 12.2. The van der Waals surface area contributed by atoms with E-state index in [1.807, 2.05) is 26.2 Å². The van der Waals surface area contributed by atoms with Crippen molar-refractivity contribution < 1.29 is 35.5 Å². The number of hydrogen-bond donors (Lipinski definition) is 0. The zero-order valence-electron chi connectivity index (χ0n) is 17.7.